The van der Waals surface area contributed by atoms with Crippen LogP contribution in [-0.2, 0) is 11.3 Å². The lowest BCUT2D eigenvalue weighted by Crippen LogP contribution is -2.25. The molecule has 0 bridgehead atoms. The highest BCUT2D eigenvalue weighted by molar-refractivity contribution is 5.91. The molecule has 1 heterocycles. The van der Waals surface area contributed by atoms with Gasteiger partial charge in [0, 0.05) is 35.8 Å². The van der Waals surface area contributed by atoms with Gasteiger partial charge in [-0.25, -0.2) is 8.78 Å². The van der Waals surface area contributed by atoms with E-state index >= 15 is 0 Å². The minimum absolute atomic E-state index is 0.278. The van der Waals surface area contributed by atoms with Crippen LogP contribution >= 0.6 is 0 Å². The molecular formula is C21H20F2N2O. The average Bonchev–Trinajstić information content (AvgIpc) is 2.90. The first-order chi connectivity index (χ1) is 12.4. The fourth-order valence-electron chi connectivity index (χ4n) is 2.96. The van der Waals surface area contributed by atoms with Gasteiger partial charge in [-0.05, 0) is 55.8 Å². The van der Waals surface area contributed by atoms with E-state index in [0.717, 1.165) is 23.3 Å². The number of carbonyl (C=O) groups excluding carboxylic acids is 1. The van der Waals surface area contributed by atoms with E-state index in [4.69, 9.17) is 0 Å². The molecule has 1 amide bonds. The van der Waals surface area contributed by atoms with Crippen LogP contribution in [0, 0.1) is 25.5 Å². The maximum atomic E-state index is 13.1. The number of rotatable bonds is 5. The minimum atomic E-state index is -0.933. The van der Waals surface area contributed by atoms with Crippen molar-refractivity contribution in [3.63, 3.8) is 0 Å². The van der Waals surface area contributed by atoms with Gasteiger partial charge < -0.3 is 9.88 Å². The first kappa shape index (κ1) is 17.9. The van der Waals surface area contributed by atoms with Crippen molar-refractivity contribution in [2.24, 2.45) is 0 Å². The average molecular weight is 354 g/mol. The van der Waals surface area contributed by atoms with Gasteiger partial charge in [-0.2, -0.15) is 0 Å². The zero-order valence-electron chi connectivity index (χ0n) is 14.7. The number of aromatic nitrogens is 1. The van der Waals surface area contributed by atoms with Crippen LogP contribution in [0.1, 0.15) is 16.8 Å². The van der Waals surface area contributed by atoms with Crippen molar-refractivity contribution in [3.05, 3.63) is 77.0 Å². The van der Waals surface area contributed by atoms with Crippen LogP contribution < -0.4 is 5.32 Å². The summed E-state index contributed by atoms with van der Waals surface area (Å²) >= 11 is 0. The number of nitrogens with zero attached hydrogens (tertiary/aromatic N) is 1. The third-order valence-corrected chi connectivity index (χ3v) is 4.27. The van der Waals surface area contributed by atoms with Crippen molar-refractivity contribution in [1.82, 2.24) is 9.88 Å². The fourth-order valence-corrected chi connectivity index (χ4v) is 2.96. The van der Waals surface area contributed by atoms with Gasteiger partial charge in [0.2, 0.25) is 5.91 Å². The molecule has 0 unspecified atom stereocenters. The van der Waals surface area contributed by atoms with Crippen LogP contribution in [-0.4, -0.2) is 17.0 Å². The van der Waals surface area contributed by atoms with Crippen LogP contribution in [0.3, 0.4) is 0 Å². The molecule has 0 radical (unpaired) electrons. The number of nitrogens with one attached hydrogen (secondary N) is 1. The summed E-state index contributed by atoms with van der Waals surface area (Å²) in [6.07, 6.45) is 2.77. The molecule has 134 valence electrons. The Balaban J connectivity index is 1.59. The first-order valence-electron chi connectivity index (χ1n) is 8.41. The molecular weight excluding hydrogens is 334 g/mol. The van der Waals surface area contributed by atoms with Crippen LogP contribution in [0.4, 0.5) is 8.78 Å². The SMILES string of the molecule is Cc1ccc2c(c1)cc(C)n2CCNC(=O)C=Cc1ccc(F)c(F)c1. The van der Waals surface area contributed by atoms with Crippen molar-refractivity contribution in [1.29, 1.82) is 0 Å². The number of hydrogen-bond acceptors (Lipinski definition) is 1. The Morgan fingerprint density at radius 3 is 2.65 bits per heavy atom. The number of carbonyl (C=O) groups is 1. The second-order valence-corrected chi connectivity index (χ2v) is 6.30. The number of amides is 1. The minimum Gasteiger partial charge on any atom is -0.351 e. The maximum Gasteiger partial charge on any atom is 0.244 e. The van der Waals surface area contributed by atoms with E-state index in [1.165, 1.54) is 29.2 Å². The predicted molar refractivity (Wildman–Crippen MR) is 99.8 cm³/mol. The largest absolute Gasteiger partial charge is 0.351 e. The van der Waals surface area contributed by atoms with Crippen molar-refractivity contribution in [3.8, 4) is 0 Å². The normalized spacial score (nSPS) is 11.4. The number of benzene rings is 2. The second kappa shape index (κ2) is 7.52. The molecule has 0 spiro atoms. The third-order valence-electron chi connectivity index (χ3n) is 4.27. The quantitative estimate of drug-likeness (QED) is 0.679. The molecule has 0 aliphatic rings. The monoisotopic (exact) mass is 354 g/mol. The molecule has 1 aromatic heterocycles. The number of hydrogen-bond donors (Lipinski definition) is 1. The standard InChI is InChI=1S/C21H20F2N2O/c1-14-3-7-20-17(11-14)12-15(2)25(20)10-9-24-21(26)8-5-16-4-6-18(22)19(23)13-16/h3-8,11-13H,9-10H2,1-2H3,(H,24,26). The van der Waals surface area contributed by atoms with Crippen molar-refractivity contribution in [2.75, 3.05) is 6.54 Å². The van der Waals surface area contributed by atoms with Crippen LogP contribution in [0.2, 0.25) is 0 Å². The molecule has 0 aliphatic carbocycles. The van der Waals surface area contributed by atoms with Gasteiger partial charge in [0.15, 0.2) is 11.6 Å². The van der Waals surface area contributed by atoms with Crippen molar-refractivity contribution < 1.29 is 13.6 Å². The summed E-state index contributed by atoms with van der Waals surface area (Å²) in [5.74, 6) is -2.12. The first-order valence-corrected chi connectivity index (χ1v) is 8.41. The molecule has 0 saturated carbocycles. The van der Waals surface area contributed by atoms with Crippen LogP contribution in [0.15, 0.2) is 48.5 Å². The van der Waals surface area contributed by atoms with Crippen molar-refractivity contribution in [2.45, 2.75) is 20.4 Å². The molecule has 1 N–H and O–H groups in total. The van der Waals surface area contributed by atoms with Gasteiger partial charge in [-0.3, -0.25) is 4.79 Å². The Bertz CT molecular complexity index is 989. The molecule has 0 aliphatic heterocycles. The van der Waals surface area contributed by atoms with E-state index < -0.39 is 11.6 Å². The number of halogens is 2. The van der Waals surface area contributed by atoms with Gasteiger partial charge in [-0.1, -0.05) is 17.7 Å². The summed E-state index contributed by atoms with van der Waals surface area (Å²) in [4.78, 5) is 11.9. The molecule has 3 rings (SSSR count). The molecule has 5 heteroatoms. The summed E-state index contributed by atoms with van der Waals surface area (Å²) in [6.45, 7) is 5.23. The van der Waals surface area contributed by atoms with Gasteiger partial charge in [-0.15, -0.1) is 0 Å². The Labute approximate surface area is 150 Å². The number of aryl methyl sites for hydroxylation is 2. The Morgan fingerprint density at radius 2 is 1.88 bits per heavy atom. The van der Waals surface area contributed by atoms with E-state index in [-0.39, 0.29) is 5.91 Å². The van der Waals surface area contributed by atoms with Crippen LogP contribution in [0.5, 0.6) is 0 Å². The molecule has 0 saturated heterocycles. The van der Waals surface area contributed by atoms with Crippen LogP contribution in [0.25, 0.3) is 17.0 Å². The Kier molecular flexibility index (Phi) is 5.16. The Hall–Kier alpha value is -2.95. The fraction of sp³-hybridized carbons (Fsp3) is 0.190. The highest BCUT2D eigenvalue weighted by Gasteiger charge is 2.06. The zero-order chi connectivity index (χ0) is 18.7. The predicted octanol–water partition coefficient (Wildman–Crippen LogP) is 4.37. The Morgan fingerprint density at radius 1 is 1.08 bits per heavy atom. The highest BCUT2D eigenvalue weighted by Crippen LogP contribution is 2.20. The van der Waals surface area contributed by atoms with Crippen molar-refractivity contribution >= 4 is 22.9 Å². The molecule has 2 aromatic carbocycles. The topological polar surface area (TPSA) is 34.0 Å². The summed E-state index contributed by atoms with van der Waals surface area (Å²) < 4.78 is 28.2. The summed E-state index contributed by atoms with van der Waals surface area (Å²) in [6, 6.07) is 11.9. The van der Waals surface area contributed by atoms with E-state index in [1.54, 1.807) is 0 Å². The van der Waals surface area contributed by atoms with E-state index in [1.807, 2.05) is 6.92 Å². The van der Waals surface area contributed by atoms with E-state index in [2.05, 4.69) is 41.1 Å². The van der Waals surface area contributed by atoms with Gasteiger partial charge >= 0.3 is 0 Å². The van der Waals surface area contributed by atoms with Gasteiger partial charge in [0.25, 0.3) is 0 Å². The highest BCUT2D eigenvalue weighted by atomic mass is 19.2. The zero-order valence-corrected chi connectivity index (χ0v) is 14.7. The van der Waals surface area contributed by atoms with E-state index in [0.29, 0.717) is 18.7 Å². The van der Waals surface area contributed by atoms with E-state index in [9.17, 15) is 13.6 Å². The lowest BCUT2D eigenvalue weighted by atomic mass is 10.2. The lowest BCUT2D eigenvalue weighted by Gasteiger charge is -2.09. The summed E-state index contributed by atoms with van der Waals surface area (Å²) in [5, 5.41) is 3.99. The maximum absolute atomic E-state index is 13.1. The lowest BCUT2D eigenvalue weighted by molar-refractivity contribution is -0.116. The summed E-state index contributed by atoms with van der Waals surface area (Å²) in [7, 11) is 0. The van der Waals surface area contributed by atoms with Gasteiger partial charge in [0.1, 0.15) is 0 Å². The number of fused-ring (bicyclic) bond motifs is 1. The molecule has 0 fully saturated rings. The third kappa shape index (κ3) is 3.99. The molecule has 0 atom stereocenters. The smallest absolute Gasteiger partial charge is 0.244 e. The summed E-state index contributed by atoms with van der Waals surface area (Å²) in [5.41, 5.74) is 3.92. The second-order valence-electron chi connectivity index (χ2n) is 6.30. The molecule has 3 nitrogen and oxygen atoms in total. The molecule has 3 aromatic rings. The van der Waals surface area contributed by atoms with Gasteiger partial charge in [0.05, 0.1) is 0 Å². The molecule has 26 heavy (non-hydrogen) atoms.